The van der Waals surface area contributed by atoms with Gasteiger partial charge in [-0.1, -0.05) is 11.6 Å². The molecule has 18 heavy (non-hydrogen) atoms. The molecule has 102 valence electrons. The first kappa shape index (κ1) is 16.2. The molecule has 1 aliphatic rings. The molecule has 4 nitrogen and oxygen atoms in total. The molecule has 1 aliphatic heterocycles. The summed E-state index contributed by atoms with van der Waals surface area (Å²) in [6, 6.07) is 4.66. The first-order valence-corrected chi connectivity index (χ1v) is 7.79. The average Bonchev–Trinajstić information content (AvgIpc) is 2.33. The number of rotatable bonds is 2. The van der Waals surface area contributed by atoms with E-state index in [2.05, 4.69) is 21.2 Å². The molecule has 0 atom stereocenters. The van der Waals surface area contributed by atoms with Crippen LogP contribution in [0.3, 0.4) is 0 Å². The predicted octanol–water partition coefficient (Wildman–Crippen LogP) is 2.12. The van der Waals surface area contributed by atoms with E-state index in [-0.39, 0.29) is 17.3 Å². The van der Waals surface area contributed by atoms with Crippen LogP contribution >= 0.6 is 39.9 Å². The number of piperazine rings is 1. The summed E-state index contributed by atoms with van der Waals surface area (Å²) in [7, 11) is -3.40. The fourth-order valence-electron chi connectivity index (χ4n) is 1.67. The molecule has 8 heteroatoms. The maximum Gasteiger partial charge on any atom is 0.243 e. The van der Waals surface area contributed by atoms with Gasteiger partial charge in [0.15, 0.2) is 0 Å². The largest absolute Gasteiger partial charge is 0.314 e. The van der Waals surface area contributed by atoms with Crippen molar-refractivity contribution in [3.8, 4) is 0 Å². The van der Waals surface area contributed by atoms with Crippen LogP contribution in [-0.2, 0) is 10.0 Å². The van der Waals surface area contributed by atoms with Crippen LogP contribution in [0.25, 0.3) is 0 Å². The SMILES string of the molecule is Cl.O=S(=O)(c1ccc(Cl)c(Br)c1)N1CCNCC1. The second-order valence-electron chi connectivity index (χ2n) is 3.73. The Kier molecular flexibility index (Phi) is 5.89. The zero-order valence-corrected chi connectivity index (χ0v) is 13.4. The highest BCUT2D eigenvalue weighted by Crippen LogP contribution is 2.26. The molecule has 1 N–H and O–H groups in total. The third kappa shape index (κ3) is 3.37. The molecular formula is C10H13BrCl2N2O2S. The molecule has 1 aromatic rings. The van der Waals surface area contributed by atoms with E-state index >= 15 is 0 Å². The summed E-state index contributed by atoms with van der Waals surface area (Å²) in [4.78, 5) is 0.274. The van der Waals surface area contributed by atoms with Gasteiger partial charge in [0.05, 0.1) is 9.92 Å². The topological polar surface area (TPSA) is 49.4 Å². The van der Waals surface area contributed by atoms with Crippen LogP contribution in [0.5, 0.6) is 0 Å². The monoisotopic (exact) mass is 374 g/mol. The summed E-state index contributed by atoms with van der Waals surface area (Å²) < 4.78 is 26.6. The van der Waals surface area contributed by atoms with Gasteiger partial charge in [0, 0.05) is 30.7 Å². The summed E-state index contributed by atoms with van der Waals surface area (Å²) in [6.07, 6.45) is 0. The van der Waals surface area contributed by atoms with Crippen molar-refractivity contribution in [2.75, 3.05) is 26.2 Å². The van der Waals surface area contributed by atoms with Crippen molar-refractivity contribution in [1.29, 1.82) is 0 Å². The van der Waals surface area contributed by atoms with Gasteiger partial charge >= 0.3 is 0 Å². The van der Waals surface area contributed by atoms with Crippen LogP contribution < -0.4 is 5.32 Å². The molecule has 1 heterocycles. The number of hydrogen-bond donors (Lipinski definition) is 1. The lowest BCUT2D eigenvalue weighted by Gasteiger charge is -2.26. The predicted molar refractivity (Wildman–Crippen MR) is 78.0 cm³/mol. The lowest BCUT2D eigenvalue weighted by Crippen LogP contribution is -2.46. The van der Waals surface area contributed by atoms with E-state index in [9.17, 15) is 8.42 Å². The molecule has 0 saturated carbocycles. The molecule has 0 spiro atoms. The Morgan fingerprint density at radius 3 is 2.44 bits per heavy atom. The Morgan fingerprint density at radius 2 is 1.89 bits per heavy atom. The van der Waals surface area contributed by atoms with Gasteiger partial charge in [-0.2, -0.15) is 4.31 Å². The van der Waals surface area contributed by atoms with Crippen molar-refractivity contribution in [1.82, 2.24) is 9.62 Å². The van der Waals surface area contributed by atoms with Crippen LogP contribution in [0.4, 0.5) is 0 Å². The number of hydrogen-bond acceptors (Lipinski definition) is 3. The molecule has 0 bridgehead atoms. The maximum absolute atomic E-state index is 12.3. The zero-order chi connectivity index (χ0) is 12.5. The van der Waals surface area contributed by atoms with E-state index in [0.29, 0.717) is 35.7 Å². The summed E-state index contributed by atoms with van der Waals surface area (Å²) in [5.41, 5.74) is 0. The Balaban J connectivity index is 0.00000162. The van der Waals surface area contributed by atoms with Gasteiger partial charge in [0.1, 0.15) is 0 Å². The van der Waals surface area contributed by atoms with Gasteiger partial charge in [-0.05, 0) is 34.1 Å². The molecule has 1 fully saturated rings. The van der Waals surface area contributed by atoms with Crippen LogP contribution in [0.15, 0.2) is 27.6 Å². The molecule has 0 aliphatic carbocycles. The Labute approximate surface area is 126 Å². The van der Waals surface area contributed by atoms with E-state index in [1.807, 2.05) is 0 Å². The van der Waals surface area contributed by atoms with Gasteiger partial charge in [0.25, 0.3) is 0 Å². The van der Waals surface area contributed by atoms with Gasteiger partial charge in [-0.25, -0.2) is 8.42 Å². The van der Waals surface area contributed by atoms with E-state index in [1.54, 1.807) is 12.1 Å². The quantitative estimate of drug-likeness (QED) is 0.861. The van der Waals surface area contributed by atoms with E-state index in [0.717, 1.165) is 0 Å². The highest BCUT2D eigenvalue weighted by atomic mass is 79.9. The fourth-order valence-corrected chi connectivity index (χ4v) is 3.79. The normalized spacial score (nSPS) is 17.2. The van der Waals surface area contributed by atoms with Crippen LogP contribution in [0.2, 0.25) is 5.02 Å². The Bertz CT molecular complexity index is 519. The standard InChI is InChI=1S/C10H12BrClN2O2S.ClH/c11-9-7-8(1-2-10(9)12)17(15,16)14-5-3-13-4-6-14;/h1-2,7,13H,3-6H2;1H. The Hall–Kier alpha value is 0.150. The van der Waals surface area contributed by atoms with E-state index < -0.39 is 10.0 Å². The number of sulfonamides is 1. The summed E-state index contributed by atoms with van der Waals surface area (Å²) in [5.74, 6) is 0. The molecule has 0 radical (unpaired) electrons. The zero-order valence-electron chi connectivity index (χ0n) is 9.40. The minimum Gasteiger partial charge on any atom is -0.314 e. The van der Waals surface area contributed by atoms with Crippen molar-refractivity contribution in [3.05, 3.63) is 27.7 Å². The minimum atomic E-state index is -3.40. The van der Waals surface area contributed by atoms with Crippen molar-refractivity contribution in [2.45, 2.75) is 4.90 Å². The summed E-state index contributed by atoms with van der Waals surface area (Å²) >= 11 is 9.09. The highest BCUT2D eigenvalue weighted by molar-refractivity contribution is 9.10. The van der Waals surface area contributed by atoms with E-state index in [1.165, 1.54) is 10.4 Å². The fraction of sp³-hybridized carbons (Fsp3) is 0.400. The third-order valence-electron chi connectivity index (χ3n) is 2.60. The molecule has 1 aromatic carbocycles. The molecule has 1 saturated heterocycles. The summed E-state index contributed by atoms with van der Waals surface area (Å²) in [5, 5.41) is 3.63. The van der Waals surface area contributed by atoms with Gasteiger partial charge < -0.3 is 5.32 Å². The molecule has 2 rings (SSSR count). The van der Waals surface area contributed by atoms with Crippen LogP contribution in [-0.4, -0.2) is 38.9 Å². The lowest BCUT2D eigenvalue weighted by molar-refractivity contribution is 0.360. The minimum absolute atomic E-state index is 0. The first-order chi connectivity index (χ1) is 8.01. The van der Waals surface area contributed by atoms with Crippen molar-refractivity contribution >= 4 is 50.0 Å². The molecule has 0 aromatic heterocycles. The van der Waals surface area contributed by atoms with Crippen molar-refractivity contribution < 1.29 is 8.42 Å². The molecule has 0 unspecified atom stereocenters. The second kappa shape index (κ2) is 6.54. The average molecular weight is 376 g/mol. The number of nitrogens with zero attached hydrogens (tertiary/aromatic N) is 1. The number of nitrogens with one attached hydrogen (secondary N) is 1. The smallest absolute Gasteiger partial charge is 0.243 e. The van der Waals surface area contributed by atoms with Gasteiger partial charge in [-0.3, -0.25) is 0 Å². The first-order valence-electron chi connectivity index (χ1n) is 5.18. The Morgan fingerprint density at radius 1 is 1.28 bits per heavy atom. The molecule has 0 amide bonds. The van der Waals surface area contributed by atoms with Crippen LogP contribution in [0, 0.1) is 0 Å². The lowest BCUT2D eigenvalue weighted by atomic mass is 10.4. The van der Waals surface area contributed by atoms with Crippen molar-refractivity contribution in [3.63, 3.8) is 0 Å². The second-order valence-corrected chi connectivity index (χ2v) is 6.93. The van der Waals surface area contributed by atoms with Crippen LogP contribution in [0.1, 0.15) is 0 Å². The summed E-state index contributed by atoms with van der Waals surface area (Å²) in [6.45, 7) is 2.38. The van der Waals surface area contributed by atoms with Gasteiger partial charge in [0.2, 0.25) is 10.0 Å². The highest BCUT2D eigenvalue weighted by Gasteiger charge is 2.26. The molecular weight excluding hydrogens is 363 g/mol. The van der Waals surface area contributed by atoms with E-state index in [4.69, 9.17) is 11.6 Å². The number of halogens is 3. The van der Waals surface area contributed by atoms with Crippen molar-refractivity contribution in [2.24, 2.45) is 0 Å². The third-order valence-corrected chi connectivity index (χ3v) is 5.71. The number of benzene rings is 1. The maximum atomic E-state index is 12.3. The van der Waals surface area contributed by atoms with Gasteiger partial charge in [-0.15, -0.1) is 12.4 Å².